The summed E-state index contributed by atoms with van der Waals surface area (Å²) >= 11 is 6.26. The molecule has 0 bridgehead atoms. The van der Waals surface area contributed by atoms with Crippen LogP contribution in [-0.2, 0) is 24.4 Å². The van der Waals surface area contributed by atoms with Crippen molar-refractivity contribution in [1.29, 1.82) is 0 Å². The lowest BCUT2D eigenvalue weighted by Crippen LogP contribution is -2.54. The quantitative estimate of drug-likeness (QED) is 0.0329. The summed E-state index contributed by atoms with van der Waals surface area (Å²) in [4.78, 5) is 105. The number of rotatable bonds is 17. The zero-order valence-electron chi connectivity index (χ0n) is 46.2. The van der Waals surface area contributed by atoms with Gasteiger partial charge < -0.3 is 30.2 Å². The Hall–Kier alpha value is -8.67. The van der Waals surface area contributed by atoms with Gasteiger partial charge in [-0.3, -0.25) is 54.0 Å². The Labute approximate surface area is 489 Å². The Morgan fingerprint density at radius 3 is 2.46 bits per heavy atom. The zero-order valence-corrected chi connectivity index (χ0v) is 47.8. The number of H-pyrrole nitrogens is 1. The van der Waals surface area contributed by atoms with Gasteiger partial charge in [0.2, 0.25) is 17.7 Å². The van der Waals surface area contributed by atoms with E-state index in [0.717, 1.165) is 67.0 Å². The van der Waals surface area contributed by atoms with E-state index in [2.05, 4.69) is 66.4 Å². The molecular weight excluding hydrogens is 1120 g/mol. The Balaban J connectivity index is 0.735. The Morgan fingerprint density at radius 2 is 1.69 bits per heavy atom. The van der Waals surface area contributed by atoms with Crippen LogP contribution in [0.25, 0.3) is 16.6 Å². The Bertz CT molecular complexity index is 3800. The number of benzene rings is 4. The lowest BCUT2D eigenvalue weighted by atomic mass is 9.72. The number of halogens is 1. The topological polar surface area (TPSA) is 279 Å². The number of fused-ring (bicyclic) bond motifs is 2. The minimum absolute atomic E-state index is 0.00344. The fourth-order valence-corrected chi connectivity index (χ4v) is 13.0. The maximum absolute atomic E-state index is 14.2. The first-order chi connectivity index (χ1) is 40.3. The number of sulfonamides is 1. The molecule has 0 radical (unpaired) electrons. The van der Waals surface area contributed by atoms with E-state index in [9.17, 15) is 47.3 Å². The number of nitro benzene ring substituents is 1. The normalized spacial score (nSPS) is 19.3. The highest BCUT2D eigenvalue weighted by Crippen LogP contribution is 2.44. The molecule has 22 nitrogen and oxygen atoms in total. The molecule has 2 atom stereocenters. The number of carbonyl (C=O) groups is 6. The van der Waals surface area contributed by atoms with Crippen molar-refractivity contribution in [2.24, 2.45) is 11.3 Å². The average molecular weight is 1180 g/mol. The largest absolute Gasteiger partial charge is 0.455 e. The van der Waals surface area contributed by atoms with Crippen molar-refractivity contribution in [2.45, 2.75) is 69.7 Å². The van der Waals surface area contributed by atoms with E-state index in [4.69, 9.17) is 16.3 Å². The lowest BCUT2D eigenvalue weighted by Gasteiger charge is -2.39. The highest BCUT2D eigenvalue weighted by molar-refractivity contribution is 7.90. The summed E-state index contributed by atoms with van der Waals surface area (Å²) < 4.78 is 36.5. The van der Waals surface area contributed by atoms with Crippen LogP contribution in [0, 0.1) is 21.4 Å². The number of imide groups is 2. The van der Waals surface area contributed by atoms with Gasteiger partial charge in [0, 0.05) is 98.9 Å². The van der Waals surface area contributed by atoms with Crippen LogP contribution in [-0.4, -0.2) is 138 Å². The molecule has 2 aromatic heterocycles. The van der Waals surface area contributed by atoms with Crippen LogP contribution in [0.5, 0.6) is 11.5 Å². The average Bonchev–Trinajstić information content (AvgIpc) is 3.21. The van der Waals surface area contributed by atoms with Crippen LogP contribution in [0.4, 0.5) is 22.7 Å². The number of nitro groups is 1. The number of ether oxygens (including phenoxy) is 1. The van der Waals surface area contributed by atoms with Crippen LogP contribution in [0.1, 0.15) is 95.4 Å². The molecule has 6 aromatic rings. The fourth-order valence-electron chi connectivity index (χ4n) is 11.9. The summed E-state index contributed by atoms with van der Waals surface area (Å²) in [7, 11) is -4.71. The van der Waals surface area contributed by atoms with Gasteiger partial charge in [0.25, 0.3) is 33.4 Å². The number of nitrogens with zero attached hydrogens (tertiary/aromatic N) is 6. The smallest absolute Gasteiger partial charge is 0.293 e. The van der Waals surface area contributed by atoms with E-state index in [1.807, 2.05) is 18.2 Å². The number of piperidine rings is 2. The zero-order chi connectivity index (χ0) is 59.0. The first-order valence-corrected chi connectivity index (χ1v) is 29.8. The van der Waals surface area contributed by atoms with Crippen LogP contribution < -0.4 is 30.3 Å². The molecule has 84 heavy (non-hydrogen) atoms. The number of carbonyl (C=O) groups excluding carboxylic acids is 6. The molecule has 2 unspecified atom stereocenters. The number of piperazine rings is 1. The highest BCUT2D eigenvalue weighted by Gasteiger charge is 2.46. The highest BCUT2D eigenvalue weighted by atomic mass is 35.5. The van der Waals surface area contributed by atoms with Gasteiger partial charge in [0.05, 0.1) is 39.3 Å². The number of anilines is 3. The number of pyridine rings is 1. The minimum atomic E-state index is -4.71. The third-order valence-corrected chi connectivity index (χ3v) is 18.0. The number of hydrogen-bond donors (Lipinski definition) is 5. The summed E-state index contributed by atoms with van der Waals surface area (Å²) in [5, 5.41) is 22.2. The number of hydrogen-bond acceptors (Lipinski definition) is 16. The van der Waals surface area contributed by atoms with Gasteiger partial charge in [0.1, 0.15) is 28.9 Å². The molecule has 11 rings (SSSR count). The van der Waals surface area contributed by atoms with Gasteiger partial charge in [-0.2, -0.15) is 0 Å². The van der Waals surface area contributed by atoms with Gasteiger partial charge in [-0.15, -0.1) is 0 Å². The van der Waals surface area contributed by atoms with Crippen molar-refractivity contribution >= 4 is 96.4 Å². The van der Waals surface area contributed by atoms with Gasteiger partial charge in [-0.05, 0) is 122 Å². The minimum Gasteiger partial charge on any atom is -0.455 e. The molecule has 3 fully saturated rings. The molecule has 4 aliphatic heterocycles. The Morgan fingerprint density at radius 1 is 0.893 bits per heavy atom. The molecular formula is C60H62ClN11O11S. The second-order valence-corrected chi connectivity index (χ2v) is 24.8. The number of amides is 6. The molecule has 5 N–H and O–H groups in total. The van der Waals surface area contributed by atoms with Crippen molar-refractivity contribution in [3.05, 3.63) is 146 Å². The van der Waals surface area contributed by atoms with Crippen molar-refractivity contribution in [3.8, 4) is 11.5 Å². The SMILES string of the molecule is CC1(C)CCC(CN2CCN(c3ccc(C(=O)NS(=O)(=O)c4ccc(NCC5CCCN(C(=O)CNc6cccc7c6C(=O)N(C6CCC(=O)NC6=O)C7=O)C5)c([N+](=O)[O-])c4)c(Oc4cnc5[nH]ccc5c4)c3)CC2)=C(c2ccc(Cl)cc2)C1. The Kier molecular flexibility index (Phi) is 16.0. The number of nitrogens with one attached hydrogen (secondary N) is 5. The van der Waals surface area contributed by atoms with E-state index in [1.54, 1.807) is 41.4 Å². The lowest BCUT2D eigenvalue weighted by molar-refractivity contribution is -0.384. The molecule has 3 saturated heterocycles. The van der Waals surface area contributed by atoms with Gasteiger partial charge in [-0.25, -0.2) is 18.1 Å². The number of likely N-dealkylation sites (tertiary alicyclic amines) is 1. The number of aromatic amines is 1. The monoisotopic (exact) mass is 1180 g/mol. The van der Waals surface area contributed by atoms with Crippen molar-refractivity contribution in [2.75, 3.05) is 74.4 Å². The molecule has 5 aliphatic rings. The van der Waals surface area contributed by atoms with Crippen molar-refractivity contribution in [1.82, 2.24) is 34.7 Å². The van der Waals surface area contributed by atoms with Crippen LogP contribution in [0.3, 0.4) is 0 Å². The third-order valence-electron chi connectivity index (χ3n) is 16.4. The summed E-state index contributed by atoms with van der Waals surface area (Å²) in [6, 6.07) is 23.3. The molecule has 4 aromatic carbocycles. The molecule has 1 aliphatic carbocycles. The van der Waals surface area contributed by atoms with Crippen LogP contribution in [0.2, 0.25) is 5.02 Å². The van der Waals surface area contributed by atoms with Crippen molar-refractivity contribution in [3.63, 3.8) is 0 Å². The summed E-state index contributed by atoms with van der Waals surface area (Å²) in [5.41, 5.74) is 5.28. The second-order valence-electron chi connectivity index (χ2n) is 22.7. The predicted molar refractivity (Wildman–Crippen MR) is 314 cm³/mol. The number of allylic oxidation sites excluding steroid dienone is 1. The first kappa shape index (κ1) is 57.2. The van der Waals surface area contributed by atoms with E-state index in [-0.39, 0.29) is 83.5 Å². The van der Waals surface area contributed by atoms with Gasteiger partial charge in [0.15, 0.2) is 0 Å². The summed E-state index contributed by atoms with van der Waals surface area (Å²) in [6.45, 7) is 9.03. The summed E-state index contributed by atoms with van der Waals surface area (Å²) in [5.74, 6) is -3.75. The maximum atomic E-state index is 14.2. The molecule has 24 heteroatoms. The van der Waals surface area contributed by atoms with E-state index >= 15 is 0 Å². The van der Waals surface area contributed by atoms with Gasteiger partial charge >= 0.3 is 0 Å². The van der Waals surface area contributed by atoms with E-state index in [1.165, 1.54) is 41.1 Å². The standard InChI is InChI=1S/C60H62ClN11O11S/c1-60(2)20-18-39(46(30-60)37-8-10-40(61)11-9-37)35-68-23-25-69(26-24-68)41-12-14-44(51(28-41)83-42-27-38-19-21-62-55(38)65-32-42)56(75)67-84(81,82)43-13-15-47(50(29-43)72(79)80)63-31-36-5-4-22-70(34-36)53(74)33-64-48-7-3-6-45-54(48)59(78)71(58(45)77)49-16-17-52(73)66-57(49)76/h3,6-15,19,21,27-29,32,36,49,63-64H,4-5,16-18,20,22-26,30-31,33-35H2,1-2H3,(H,62,65)(H,67,75)(H,66,73,76). The molecule has 436 valence electrons. The molecule has 0 spiro atoms. The maximum Gasteiger partial charge on any atom is 0.293 e. The van der Waals surface area contributed by atoms with Crippen LogP contribution >= 0.6 is 11.6 Å². The molecule has 0 saturated carbocycles. The first-order valence-electron chi connectivity index (χ1n) is 27.9. The molecule has 6 amide bonds. The van der Waals surface area contributed by atoms with Crippen LogP contribution in [0.15, 0.2) is 114 Å². The fraction of sp³-hybridized carbons (Fsp3) is 0.350. The molecule has 6 heterocycles. The summed E-state index contributed by atoms with van der Waals surface area (Å²) in [6.07, 6.45) is 7.58. The van der Waals surface area contributed by atoms with E-state index < -0.39 is 61.1 Å². The predicted octanol–water partition coefficient (Wildman–Crippen LogP) is 7.99. The second kappa shape index (κ2) is 23.5. The van der Waals surface area contributed by atoms with Crippen molar-refractivity contribution < 1.29 is 46.8 Å². The van der Waals surface area contributed by atoms with Gasteiger partial charge in [-0.1, -0.05) is 49.2 Å². The third kappa shape index (κ3) is 12.2. The van der Waals surface area contributed by atoms with E-state index in [0.29, 0.717) is 48.9 Å². The number of aromatic nitrogens is 2.